The molecule has 5 heteroatoms. The number of aryl methyl sites for hydroxylation is 3. The van der Waals surface area contributed by atoms with E-state index in [4.69, 9.17) is 4.74 Å². The summed E-state index contributed by atoms with van der Waals surface area (Å²) in [4.78, 5) is 12.5. The molecule has 1 heterocycles. The molecule has 0 saturated carbocycles. The summed E-state index contributed by atoms with van der Waals surface area (Å²) in [6.45, 7) is 6.01. The number of amides is 1. The minimum absolute atomic E-state index is 0.0937. The molecule has 26 heavy (non-hydrogen) atoms. The summed E-state index contributed by atoms with van der Waals surface area (Å²) in [6, 6.07) is 15.6. The van der Waals surface area contributed by atoms with Crippen LogP contribution in [-0.2, 0) is 11.2 Å². The Morgan fingerprint density at radius 2 is 1.81 bits per heavy atom. The van der Waals surface area contributed by atoms with Crippen LogP contribution in [-0.4, -0.2) is 22.8 Å². The maximum atomic E-state index is 12.5. The fraction of sp³-hybridized carbons (Fsp3) is 0.238. The van der Waals surface area contributed by atoms with Gasteiger partial charge in [-0.3, -0.25) is 4.79 Å². The van der Waals surface area contributed by atoms with E-state index in [0.717, 1.165) is 33.8 Å². The molecule has 3 aromatic rings. The minimum Gasteiger partial charge on any atom is -0.497 e. The zero-order chi connectivity index (χ0) is 18.7. The second-order valence-electron chi connectivity index (χ2n) is 6.51. The SMILES string of the molecule is COc1cccc(CC(=O)Nc2cc(C)nn2-c2cc(C)cc(C)c2)c1. The molecule has 1 aromatic heterocycles. The van der Waals surface area contributed by atoms with Crippen LogP contribution in [0.5, 0.6) is 5.75 Å². The van der Waals surface area contributed by atoms with Crippen molar-refractivity contribution in [1.29, 1.82) is 0 Å². The summed E-state index contributed by atoms with van der Waals surface area (Å²) in [5, 5.41) is 7.51. The van der Waals surface area contributed by atoms with Crippen molar-refractivity contribution < 1.29 is 9.53 Å². The molecule has 0 aliphatic heterocycles. The van der Waals surface area contributed by atoms with Gasteiger partial charge in [-0.1, -0.05) is 18.2 Å². The van der Waals surface area contributed by atoms with Gasteiger partial charge in [-0.15, -0.1) is 0 Å². The van der Waals surface area contributed by atoms with Gasteiger partial charge in [0.15, 0.2) is 0 Å². The number of ether oxygens (including phenoxy) is 1. The Morgan fingerprint density at radius 3 is 2.50 bits per heavy atom. The summed E-state index contributed by atoms with van der Waals surface area (Å²) in [6.07, 6.45) is 0.272. The molecule has 0 aliphatic rings. The zero-order valence-electron chi connectivity index (χ0n) is 15.5. The number of benzene rings is 2. The van der Waals surface area contributed by atoms with E-state index in [0.29, 0.717) is 5.82 Å². The number of nitrogens with zero attached hydrogens (tertiary/aromatic N) is 2. The van der Waals surface area contributed by atoms with Crippen molar-refractivity contribution in [1.82, 2.24) is 9.78 Å². The Bertz CT molecular complexity index is 924. The average Bonchev–Trinajstić information content (AvgIpc) is 2.94. The Morgan fingerprint density at radius 1 is 1.08 bits per heavy atom. The smallest absolute Gasteiger partial charge is 0.229 e. The van der Waals surface area contributed by atoms with Gasteiger partial charge in [0.05, 0.1) is 24.9 Å². The average molecular weight is 349 g/mol. The number of nitrogens with one attached hydrogen (secondary N) is 1. The molecule has 134 valence electrons. The second kappa shape index (κ2) is 7.44. The Labute approximate surface area is 153 Å². The van der Waals surface area contributed by atoms with Gasteiger partial charge in [0.1, 0.15) is 11.6 Å². The van der Waals surface area contributed by atoms with E-state index in [9.17, 15) is 4.79 Å². The summed E-state index contributed by atoms with van der Waals surface area (Å²) in [5.41, 5.74) is 4.99. The minimum atomic E-state index is -0.0937. The number of hydrogen-bond donors (Lipinski definition) is 1. The molecule has 2 aromatic carbocycles. The standard InChI is InChI=1S/C21H23N3O2/c1-14-8-15(2)10-18(9-14)24-20(11-16(3)23-24)22-21(25)13-17-6-5-7-19(12-17)26-4/h5-12H,13H2,1-4H3,(H,22,25). The monoisotopic (exact) mass is 349 g/mol. The van der Waals surface area contributed by atoms with Gasteiger partial charge < -0.3 is 10.1 Å². The molecular formula is C21H23N3O2. The largest absolute Gasteiger partial charge is 0.497 e. The lowest BCUT2D eigenvalue weighted by molar-refractivity contribution is -0.115. The highest BCUT2D eigenvalue weighted by molar-refractivity contribution is 5.91. The number of aromatic nitrogens is 2. The predicted molar refractivity (Wildman–Crippen MR) is 103 cm³/mol. The molecule has 5 nitrogen and oxygen atoms in total. The van der Waals surface area contributed by atoms with Crippen LogP contribution in [0.1, 0.15) is 22.4 Å². The first kappa shape index (κ1) is 17.7. The molecule has 0 saturated heterocycles. The molecule has 0 aliphatic carbocycles. The highest BCUT2D eigenvalue weighted by Gasteiger charge is 2.12. The molecule has 1 N–H and O–H groups in total. The first-order valence-corrected chi connectivity index (χ1v) is 8.53. The number of methoxy groups -OCH3 is 1. The van der Waals surface area contributed by atoms with E-state index >= 15 is 0 Å². The fourth-order valence-electron chi connectivity index (χ4n) is 3.01. The molecule has 0 spiro atoms. The predicted octanol–water partition coefficient (Wildman–Crippen LogP) is 3.99. The fourth-order valence-corrected chi connectivity index (χ4v) is 3.01. The summed E-state index contributed by atoms with van der Waals surface area (Å²) in [7, 11) is 1.62. The Hall–Kier alpha value is -3.08. The van der Waals surface area contributed by atoms with Gasteiger partial charge in [-0.2, -0.15) is 5.10 Å². The lowest BCUT2D eigenvalue weighted by Crippen LogP contribution is -2.17. The molecule has 0 atom stereocenters. The zero-order valence-corrected chi connectivity index (χ0v) is 15.5. The van der Waals surface area contributed by atoms with Crippen molar-refractivity contribution >= 4 is 11.7 Å². The van der Waals surface area contributed by atoms with Crippen LogP contribution >= 0.6 is 0 Å². The lowest BCUT2D eigenvalue weighted by Gasteiger charge is -2.11. The molecule has 0 radical (unpaired) electrons. The van der Waals surface area contributed by atoms with Gasteiger partial charge in [-0.05, 0) is 61.7 Å². The summed E-state index contributed by atoms with van der Waals surface area (Å²) < 4.78 is 6.99. The third kappa shape index (κ3) is 4.11. The van der Waals surface area contributed by atoms with Crippen LogP contribution in [0.2, 0.25) is 0 Å². The first-order chi connectivity index (χ1) is 12.4. The van der Waals surface area contributed by atoms with E-state index in [2.05, 4.69) is 28.6 Å². The second-order valence-corrected chi connectivity index (χ2v) is 6.51. The van der Waals surface area contributed by atoms with Crippen molar-refractivity contribution in [3.8, 4) is 11.4 Å². The summed E-state index contributed by atoms with van der Waals surface area (Å²) >= 11 is 0. The maximum Gasteiger partial charge on any atom is 0.229 e. The molecule has 0 fully saturated rings. The number of anilines is 1. The van der Waals surface area contributed by atoms with Crippen LogP contribution in [0.4, 0.5) is 5.82 Å². The molecular weight excluding hydrogens is 326 g/mol. The van der Waals surface area contributed by atoms with E-state index in [1.165, 1.54) is 0 Å². The number of carbonyl (C=O) groups excluding carboxylic acids is 1. The van der Waals surface area contributed by atoms with Crippen molar-refractivity contribution in [3.63, 3.8) is 0 Å². The van der Waals surface area contributed by atoms with Gasteiger partial charge in [0, 0.05) is 6.07 Å². The van der Waals surface area contributed by atoms with Gasteiger partial charge in [0.25, 0.3) is 0 Å². The molecule has 3 rings (SSSR count). The van der Waals surface area contributed by atoms with Crippen LogP contribution in [0.3, 0.4) is 0 Å². The van der Waals surface area contributed by atoms with Crippen molar-refractivity contribution in [2.24, 2.45) is 0 Å². The van der Waals surface area contributed by atoms with Crippen molar-refractivity contribution in [2.75, 3.05) is 12.4 Å². The number of hydrogen-bond acceptors (Lipinski definition) is 3. The van der Waals surface area contributed by atoms with Crippen LogP contribution in [0.15, 0.2) is 48.5 Å². The molecule has 0 unspecified atom stereocenters. The van der Waals surface area contributed by atoms with Gasteiger partial charge in [0.2, 0.25) is 5.91 Å². The third-order valence-corrected chi connectivity index (χ3v) is 4.05. The normalized spacial score (nSPS) is 10.6. The Kier molecular flexibility index (Phi) is 5.07. The van der Waals surface area contributed by atoms with E-state index in [-0.39, 0.29) is 12.3 Å². The molecule has 1 amide bonds. The Balaban J connectivity index is 1.82. The first-order valence-electron chi connectivity index (χ1n) is 8.53. The van der Waals surface area contributed by atoms with E-state index in [1.54, 1.807) is 11.8 Å². The highest BCUT2D eigenvalue weighted by Crippen LogP contribution is 2.20. The van der Waals surface area contributed by atoms with Crippen molar-refractivity contribution in [3.05, 3.63) is 70.9 Å². The van der Waals surface area contributed by atoms with E-state index in [1.807, 2.05) is 51.1 Å². The number of rotatable bonds is 5. The lowest BCUT2D eigenvalue weighted by atomic mass is 10.1. The topological polar surface area (TPSA) is 56.1 Å². The van der Waals surface area contributed by atoms with Crippen LogP contribution < -0.4 is 10.1 Å². The maximum absolute atomic E-state index is 12.5. The van der Waals surface area contributed by atoms with Crippen molar-refractivity contribution in [2.45, 2.75) is 27.2 Å². The third-order valence-electron chi connectivity index (χ3n) is 4.05. The van der Waals surface area contributed by atoms with Crippen LogP contribution in [0.25, 0.3) is 5.69 Å². The quantitative estimate of drug-likeness (QED) is 0.758. The van der Waals surface area contributed by atoms with E-state index < -0.39 is 0 Å². The molecule has 0 bridgehead atoms. The van der Waals surface area contributed by atoms with Crippen LogP contribution in [0, 0.1) is 20.8 Å². The summed E-state index contributed by atoms with van der Waals surface area (Å²) in [5.74, 6) is 1.32. The highest BCUT2D eigenvalue weighted by atomic mass is 16.5. The number of carbonyl (C=O) groups is 1. The van der Waals surface area contributed by atoms with Gasteiger partial charge >= 0.3 is 0 Å². The van der Waals surface area contributed by atoms with Gasteiger partial charge in [-0.25, -0.2) is 4.68 Å².